The van der Waals surface area contributed by atoms with Crippen molar-refractivity contribution in [3.8, 4) is 0 Å². The Bertz CT molecular complexity index is 473. The van der Waals surface area contributed by atoms with Gasteiger partial charge in [0.25, 0.3) is 0 Å². The van der Waals surface area contributed by atoms with Gasteiger partial charge in [0.15, 0.2) is 0 Å². The number of rotatable bonds is 5. The topological polar surface area (TPSA) is 46.5 Å². The average molecular weight is 290 g/mol. The third-order valence-electron chi connectivity index (χ3n) is 4.52. The molecular formula is C18H26O3. The lowest BCUT2D eigenvalue weighted by Gasteiger charge is -2.28. The van der Waals surface area contributed by atoms with Crippen molar-refractivity contribution in [3.05, 3.63) is 34.9 Å². The first-order chi connectivity index (χ1) is 10.1. The van der Waals surface area contributed by atoms with Crippen molar-refractivity contribution in [1.82, 2.24) is 0 Å². The molecule has 1 aromatic rings. The quantitative estimate of drug-likeness (QED) is 0.843. The van der Waals surface area contributed by atoms with Crippen molar-refractivity contribution in [2.75, 3.05) is 6.61 Å². The fraction of sp³-hybridized carbons (Fsp3) is 0.611. The zero-order chi connectivity index (χ0) is 15.2. The van der Waals surface area contributed by atoms with E-state index in [1.54, 1.807) is 0 Å². The van der Waals surface area contributed by atoms with Crippen LogP contribution in [0.2, 0.25) is 0 Å². The Labute approximate surface area is 127 Å². The Morgan fingerprint density at radius 3 is 2.62 bits per heavy atom. The fourth-order valence-corrected chi connectivity index (χ4v) is 3.25. The Kier molecular flexibility index (Phi) is 5.80. The molecular weight excluding hydrogens is 264 g/mol. The van der Waals surface area contributed by atoms with E-state index in [0.29, 0.717) is 12.5 Å². The molecule has 21 heavy (non-hydrogen) atoms. The Hall–Kier alpha value is -1.35. The second-order valence-corrected chi connectivity index (χ2v) is 6.24. The van der Waals surface area contributed by atoms with Crippen molar-refractivity contribution in [2.24, 2.45) is 5.92 Å². The van der Waals surface area contributed by atoms with Gasteiger partial charge in [0.05, 0.1) is 13.2 Å². The third kappa shape index (κ3) is 4.57. The highest BCUT2D eigenvalue weighted by molar-refractivity contribution is 5.65. The number of carbonyl (C=O) groups excluding carboxylic acids is 1. The molecule has 0 heterocycles. The van der Waals surface area contributed by atoms with Crippen LogP contribution in [0.5, 0.6) is 0 Å². The summed E-state index contributed by atoms with van der Waals surface area (Å²) in [5.41, 5.74) is 3.54. The van der Waals surface area contributed by atoms with Gasteiger partial charge in [0.2, 0.25) is 0 Å². The molecule has 0 spiro atoms. The molecule has 0 saturated heterocycles. The lowest BCUT2D eigenvalue weighted by Crippen LogP contribution is -2.14. The van der Waals surface area contributed by atoms with Crippen molar-refractivity contribution in [2.45, 2.75) is 58.5 Å². The van der Waals surface area contributed by atoms with Crippen LogP contribution in [0.4, 0.5) is 0 Å². The molecule has 0 atom stereocenters. The second kappa shape index (κ2) is 7.60. The van der Waals surface area contributed by atoms with E-state index in [1.807, 2.05) is 6.07 Å². The molecule has 3 nitrogen and oxygen atoms in total. The van der Waals surface area contributed by atoms with Crippen molar-refractivity contribution in [1.29, 1.82) is 0 Å². The van der Waals surface area contributed by atoms with Crippen LogP contribution in [0.1, 0.15) is 62.1 Å². The van der Waals surface area contributed by atoms with Crippen LogP contribution in [0.25, 0.3) is 0 Å². The van der Waals surface area contributed by atoms with Crippen LogP contribution in [-0.4, -0.2) is 17.7 Å². The fourth-order valence-electron chi connectivity index (χ4n) is 3.25. The van der Waals surface area contributed by atoms with Gasteiger partial charge in [-0.2, -0.15) is 0 Å². The lowest BCUT2D eigenvalue weighted by molar-refractivity contribution is -0.140. The molecule has 1 fully saturated rings. The highest BCUT2D eigenvalue weighted by Crippen LogP contribution is 2.37. The first-order valence-electron chi connectivity index (χ1n) is 7.96. The molecule has 0 aromatic heterocycles. The minimum absolute atomic E-state index is 0.0581. The van der Waals surface area contributed by atoms with Gasteiger partial charge in [-0.05, 0) is 41.4 Å². The number of hydrogen-bond acceptors (Lipinski definition) is 3. The van der Waals surface area contributed by atoms with E-state index in [1.165, 1.54) is 43.7 Å². The smallest absolute Gasteiger partial charge is 0.302 e. The predicted molar refractivity (Wildman–Crippen MR) is 83.1 cm³/mol. The van der Waals surface area contributed by atoms with Crippen LogP contribution >= 0.6 is 0 Å². The number of benzene rings is 1. The van der Waals surface area contributed by atoms with Gasteiger partial charge in [0, 0.05) is 13.3 Å². The molecule has 1 aliphatic carbocycles. The van der Waals surface area contributed by atoms with Gasteiger partial charge in [-0.1, -0.05) is 38.0 Å². The number of aliphatic hydroxyl groups is 1. The molecule has 1 aliphatic rings. The average Bonchev–Trinajstić information content (AvgIpc) is 2.48. The van der Waals surface area contributed by atoms with Crippen LogP contribution in [-0.2, 0) is 22.6 Å². The molecule has 116 valence electrons. The van der Waals surface area contributed by atoms with E-state index < -0.39 is 0 Å². The summed E-state index contributed by atoms with van der Waals surface area (Å²) in [5, 5.41) is 9.33. The normalized spacial score (nSPS) is 22.0. The van der Waals surface area contributed by atoms with E-state index in [2.05, 4.69) is 19.1 Å². The summed E-state index contributed by atoms with van der Waals surface area (Å²) in [4.78, 5) is 10.9. The molecule has 1 saturated carbocycles. The van der Waals surface area contributed by atoms with Crippen LogP contribution < -0.4 is 0 Å². The van der Waals surface area contributed by atoms with E-state index in [0.717, 1.165) is 17.9 Å². The Balaban J connectivity index is 2.12. The Morgan fingerprint density at radius 2 is 2.00 bits per heavy atom. The van der Waals surface area contributed by atoms with Gasteiger partial charge in [-0.3, -0.25) is 4.79 Å². The van der Waals surface area contributed by atoms with Crippen molar-refractivity contribution in [3.63, 3.8) is 0 Å². The molecule has 2 rings (SSSR count). The van der Waals surface area contributed by atoms with Gasteiger partial charge < -0.3 is 9.84 Å². The summed E-state index contributed by atoms with van der Waals surface area (Å²) in [6.45, 7) is 4.24. The number of aliphatic hydroxyl groups excluding tert-OH is 1. The summed E-state index contributed by atoms with van der Waals surface area (Å²) in [7, 11) is 0. The van der Waals surface area contributed by atoms with Crippen LogP contribution in [0.3, 0.4) is 0 Å². The maximum atomic E-state index is 10.9. The number of ether oxygens (including phenoxy) is 1. The summed E-state index contributed by atoms with van der Waals surface area (Å²) in [6.07, 6.45) is 5.78. The number of hydrogen-bond donors (Lipinski definition) is 1. The van der Waals surface area contributed by atoms with E-state index in [9.17, 15) is 9.90 Å². The summed E-state index contributed by atoms with van der Waals surface area (Å²) < 4.78 is 5.08. The molecule has 0 bridgehead atoms. The SMILES string of the molecule is CC(=O)OCCc1cc(CO)ccc1C1CCC(C)CC1. The van der Waals surface area contributed by atoms with E-state index in [-0.39, 0.29) is 12.6 Å². The van der Waals surface area contributed by atoms with Gasteiger partial charge in [-0.25, -0.2) is 0 Å². The Morgan fingerprint density at radius 1 is 1.29 bits per heavy atom. The van der Waals surface area contributed by atoms with Gasteiger partial charge in [-0.15, -0.1) is 0 Å². The third-order valence-corrected chi connectivity index (χ3v) is 4.52. The maximum absolute atomic E-state index is 10.9. The molecule has 3 heteroatoms. The number of carbonyl (C=O) groups is 1. The largest absolute Gasteiger partial charge is 0.466 e. The van der Waals surface area contributed by atoms with Crippen LogP contribution in [0, 0.1) is 5.92 Å². The second-order valence-electron chi connectivity index (χ2n) is 6.24. The lowest BCUT2D eigenvalue weighted by atomic mass is 9.77. The summed E-state index contributed by atoms with van der Waals surface area (Å²) in [6, 6.07) is 6.24. The minimum Gasteiger partial charge on any atom is -0.466 e. The molecule has 0 unspecified atom stereocenters. The maximum Gasteiger partial charge on any atom is 0.302 e. The zero-order valence-electron chi connectivity index (χ0n) is 13.1. The van der Waals surface area contributed by atoms with E-state index in [4.69, 9.17) is 4.74 Å². The van der Waals surface area contributed by atoms with Gasteiger partial charge >= 0.3 is 5.97 Å². The molecule has 1 aromatic carbocycles. The number of esters is 1. The summed E-state index contributed by atoms with van der Waals surface area (Å²) >= 11 is 0. The molecule has 1 N–H and O–H groups in total. The van der Waals surface area contributed by atoms with Crippen LogP contribution in [0.15, 0.2) is 18.2 Å². The minimum atomic E-state index is -0.235. The first kappa shape index (κ1) is 16.0. The predicted octanol–water partition coefficient (Wildman–Crippen LogP) is 3.58. The van der Waals surface area contributed by atoms with E-state index >= 15 is 0 Å². The molecule has 0 aliphatic heterocycles. The highest BCUT2D eigenvalue weighted by Gasteiger charge is 2.21. The van der Waals surface area contributed by atoms with Gasteiger partial charge in [0.1, 0.15) is 0 Å². The van der Waals surface area contributed by atoms with Crippen molar-refractivity contribution >= 4 is 5.97 Å². The first-order valence-corrected chi connectivity index (χ1v) is 7.96. The standard InChI is InChI=1S/C18H26O3/c1-13-3-6-16(7-4-13)18-8-5-15(12-19)11-17(18)9-10-21-14(2)20/h5,8,11,13,16,19H,3-4,6-7,9-10,12H2,1-2H3. The molecule has 0 amide bonds. The van der Waals surface area contributed by atoms with Crippen molar-refractivity contribution < 1.29 is 14.6 Å². The zero-order valence-corrected chi connectivity index (χ0v) is 13.1. The molecule has 0 radical (unpaired) electrons. The highest BCUT2D eigenvalue weighted by atomic mass is 16.5. The summed E-state index contributed by atoms with van der Waals surface area (Å²) in [5.74, 6) is 1.21. The monoisotopic (exact) mass is 290 g/mol.